The van der Waals surface area contributed by atoms with Crippen molar-refractivity contribution in [3.8, 4) is 0 Å². The molecule has 2 N–H and O–H groups in total. The number of aromatic nitrogens is 1. The number of hydrogen-bond donors (Lipinski definition) is 1. The van der Waals surface area contributed by atoms with Gasteiger partial charge in [-0.15, -0.1) is 0 Å². The summed E-state index contributed by atoms with van der Waals surface area (Å²) in [7, 11) is 0. The molecule has 16 heavy (non-hydrogen) atoms. The minimum atomic E-state index is 0.780. The highest BCUT2D eigenvalue weighted by molar-refractivity contribution is 9.10. The van der Waals surface area contributed by atoms with Crippen LogP contribution in [0.4, 0.5) is 5.69 Å². The lowest BCUT2D eigenvalue weighted by molar-refractivity contribution is -0.707. The Morgan fingerprint density at radius 1 is 1.12 bits per heavy atom. The molecule has 0 amide bonds. The number of nitrogens with two attached hydrogens (primary N) is 1. The Morgan fingerprint density at radius 2 is 1.88 bits per heavy atom. The van der Waals surface area contributed by atoms with E-state index in [0.717, 1.165) is 23.3 Å². The Hall–Kier alpha value is -1.35. The first kappa shape index (κ1) is 11.1. The summed E-state index contributed by atoms with van der Waals surface area (Å²) in [5.74, 6) is 0. The van der Waals surface area contributed by atoms with Gasteiger partial charge in [-0.25, -0.2) is 0 Å². The van der Waals surface area contributed by atoms with Crippen molar-refractivity contribution < 1.29 is 4.57 Å². The normalized spacial score (nSPS) is 10.3. The van der Waals surface area contributed by atoms with E-state index in [1.165, 1.54) is 5.56 Å². The average Bonchev–Trinajstić information content (AvgIpc) is 2.29. The van der Waals surface area contributed by atoms with Gasteiger partial charge in [0.25, 0.3) is 0 Å². The molecule has 3 heteroatoms. The number of benzene rings is 1. The first-order valence-electron chi connectivity index (χ1n) is 5.24. The predicted octanol–water partition coefficient (Wildman–Crippen LogP) is 2.56. The molecule has 1 aromatic carbocycles. The molecular weight excluding hydrogens is 264 g/mol. The van der Waals surface area contributed by atoms with Crippen LogP contribution in [0.2, 0.25) is 0 Å². The number of hydrogen-bond acceptors (Lipinski definition) is 1. The number of halogens is 1. The zero-order valence-electron chi connectivity index (χ0n) is 8.94. The van der Waals surface area contributed by atoms with Gasteiger partial charge in [-0.3, -0.25) is 0 Å². The van der Waals surface area contributed by atoms with Crippen molar-refractivity contribution in [1.29, 1.82) is 0 Å². The monoisotopic (exact) mass is 277 g/mol. The van der Waals surface area contributed by atoms with E-state index in [2.05, 4.69) is 44.8 Å². The fourth-order valence-electron chi connectivity index (χ4n) is 1.59. The second-order valence-corrected chi connectivity index (χ2v) is 4.52. The summed E-state index contributed by atoms with van der Waals surface area (Å²) in [4.78, 5) is 0. The van der Waals surface area contributed by atoms with Crippen LogP contribution in [0, 0.1) is 0 Å². The standard InChI is InChI=1S/C13H13BrN2/c14-13-10-12(15)7-9-16(13)8-6-11-4-2-1-3-5-11/h1-5,7,9-10,15H,6,8H2/p+1. The quantitative estimate of drug-likeness (QED) is 0.678. The molecular formula is C13H14BrN2+. The Balaban J connectivity index is 2.05. The zero-order chi connectivity index (χ0) is 11.4. The number of anilines is 1. The van der Waals surface area contributed by atoms with Gasteiger partial charge in [0.1, 0.15) is 0 Å². The SMILES string of the molecule is Nc1cc[n+](CCc2ccccc2)c(Br)c1. The van der Waals surface area contributed by atoms with Crippen LogP contribution in [0.3, 0.4) is 0 Å². The third kappa shape index (κ3) is 2.83. The minimum absolute atomic E-state index is 0.780. The molecule has 0 saturated heterocycles. The maximum atomic E-state index is 5.69. The van der Waals surface area contributed by atoms with Crippen LogP contribution in [-0.2, 0) is 13.0 Å². The van der Waals surface area contributed by atoms with Crippen molar-refractivity contribution in [2.45, 2.75) is 13.0 Å². The van der Waals surface area contributed by atoms with E-state index in [1.807, 2.05) is 24.4 Å². The number of pyridine rings is 1. The topological polar surface area (TPSA) is 29.9 Å². The molecule has 0 aliphatic heterocycles. The van der Waals surface area contributed by atoms with Gasteiger partial charge in [-0.2, -0.15) is 4.57 Å². The number of aryl methyl sites for hydroxylation is 2. The van der Waals surface area contributed by atoms with E-state index in [-0.39, 0.29) is 0 Å². The van der Waals surface area contributed by atoms with Crippen LogP contribution in [0.5, 0.6) is 0 Å². The molecule has 2 nitrogen and oxygen atoms in total. The molecule has 2 aromatic rings. The summed E-state index contributed by atoms with van der Waals surface area (Å²) >= 11 is 3.50. The molecule has 0 aliphatic rings. The van der Waals surface area contributed by atoms with Crippen molar-refractivity contribution >= 4 is 21.6 Å². The van der Waals surface area contributed by atoms with Crippen LogP contribution in [0.1, 0.15) is 5.56 Å². The molecule has 0 saturated carbocycles. The number of nitrogen functional groups attached to an aromatic ring is 1. The molecule has 1 heterocycles. The first-order chi connectivity index (χ1) is 7.75. The predicted molar refractivity (Wildman–Crippen MR) is 68.9 cm³/mol. The van der Waals surface area contributed by atoms with Gasteiger partial charge in [0.15, 0.2) is 12.7 Å². The van der Waals surface area contributed by atoms with Crippen LogP contribution in [0.25, 0.3) is 0 Å². The molecule has 0 fully saturated rings. The van der Waals surface area contributed by atoms with Gasteiger partial charge >= 0.3 is 0 Å². The Labute approximate surface area is 104 Å². The number of rotatable bonds is 3. The van der Waals surface area contributed by atoms with Crippen LogP contribution >= 0.6 is 15.9 Å². The fourth-order valence-corrected chi connectivity index (χ4v) is 2.15. The van der Waals surface area contributed by atoms with Gasteiger partial charge in [0, 0.05) is 40.2 Å². The molecule has 0 bridgehead atoms. The van der Waals surface area contributed by atoms with E-state index >= 15 is 0 Å². The van der Waals surface area contributed by atoms with E-state index < -0.39 is 0 Å². The Bertz CT molecular complexity index is 469. The smallest absolute Gasteiger partial charge is 0.249 e. The van der Waals surface area contributed by atoms with E-state index in [0.29, 0.717) is 0 Å². The van der Waals surface area contributed by atoms with Crippen LogP contribution in [0.15, 0.2) is 53.3 Å². The van der Waals surface area contributed by atoms with Gasteiger partial charge in [-0.1, -0.05) is 30.3 Å². The molecule has 0 radical (unpaired) electrons. The molecule has 0 spiro atoms. The summed E-state index contributed by atoms with van der Waals surface area (Å²) < 4.78 is 3.16. The van der Waals surface area contributed by atoms with E-state index in [4.69, 9.17) is 5.73 Å². The van der Waals surface area contributed by atoms with Crippen molar-refractivity contribution in [3.05, 3.63) is 58.8 Å². The molecule has 0 unspecified atom stereocenters. The average molecular weight is 278 g/mol. The summed E-state index contributed by atoms with van der Waals surface area (Å²) in [6.07, 6.45) is 3.02. The lowest BCUT2D eigenvalue weighted by Crippen LogP contribution is -2.36. The lowest BCUT2D eigenvalue weighted by Gasteiger charge is -2.01. The third-order valence-electron chi connectivity index (χ3n) is 2.49. The molecule has 2 rings (SSSR count). The largest absolute Gasteiger partial charge is 0.398 e. The van der Waals surface area contributed by atoms with Crippen LogP contribution < -0.4 is 10.3 Å². The van der Waals surface area contributed by atoms with Crippen molar-refractivity contribution in [3.63, 3.8) is 0 Å². The summed E-state index contributed by atoms with van der Waals surface area (Å²) in [5, 5.41) is 0. The first-order valence-corrected chi connectivity index (χ1v) is 6.03. The van der Waals surface area contributed by atoms with E-state index in [9.17, 15) is 0 Å². The van der Waals surface area contributed by atoms with Gasteiger partial charge in [0.2, 0.25) is 4.60 Å². The van der Waals surface area contributed by atoms with Gasteiger partial charge in [-0.05, 0) is 5.56 Å². The van der Waals surface area contributed by atoms with Crippen molar-refractivity contribution in [2.24, 2.45) is 0 Å². The maximum Gasteiger partial charge on any atom is 0.249 e. The van der Waals surface area contributed by atoms with Crippen LogP contribution in [-0.4, -0.2) is 0 Å². The third-order valence-corrected chi connectivity index (χ3v) is 3.18. The highest BCUT2D eigenvalue weighted by Gasteiger charge is 2.07. The van der Waals surface area contributed by atoms with Crippen molar-refractivity contribution in [1.82, 2.24) is 0 Å². The highest BCUT2D eigenvalue weighted by atomic mass is 79.9. The van der Waals surface area contributed by atoms with E-state index in [1.54, 1.807) is 0 Å². The maximum absolute atomic E-state index is 5.69. The van der Waals surface area contributed by atoms with Gasteiger partial charge in [0.05, 0.1) is 0 Å². The highest BCUT2D eigenvalue weighted by Crippen LogP contribution is 2.08. The summed E-state index contributed by atoms with van der Waals surface area (Å²) in [5.41, 5.74) is 7.82. The molecule has 0 atom stereocenters. The van der Waals surface area contributed by atoms with Gasteiger partial charge < -0.3 is 5.73 Å². The molecule has 0 aliphatic carbocycles. The Morgan fingerprint density at radius 3 is 2.56 bits per heavy atom. The fraction of sp³-hybridized carbons (Fsp3) is 0.154. The zero-order valence-corrected chi connectivity index (χ0v) is 10.5. The van der Waals surface area contributed by atoms with Crippen molar-refractivity contribution in [2.75, 3.05) is 5.73 Å². The summed E-state index contributed by atoms with van der Waals surface area (Å²) in [6.45, 7) is 0.949. The Kier molecular flexibility index (Phi) is 3.57. The number of nitrogens with zero attached hydrogens (tertiary/aromatic N) is 1. The summed E-state index contributed by atoms with van der Waals surface area (Å²) in [6, 6.07) is 14.3. The molecule has 1 aromatic heterocycles. The molecule has 82 valence electrons. The second-order valence-electron chi connectivity index (χ2n) is 3.71. The second kappa shape index (κ2) is 5.12. The minimum Gasteiger partial charge on any atom is -0.398 e. The lowest BCUT2D eigenvalue weighted by atomic mass is 10.1.